The number of hydrogen-bond acceptors (Lipinski definition) is 4. The van der Waals surface area contributed by atoms with Crippen molar-refractivity contribution in [2.75, 3.05) is 11.4 Å². The number of fused-ring (bicyclic) bond motifs is 1. The lowest BCUT2D eigenvalue weighted by Gasteiger charge is -2.27. The number of non-ortho nitro benzene ring substituents is 1. The number of ketones is 1. The number of amides is 1. The van der Waals surface area contributed by atoms with Crippen molar-refractivity contribution < 1.29 is 14.5 Å². The first kappa shape index (κ1) is 11.3. The lowest BCUT2D eigenvalue weighted by Crippen LogP contribution is -2.35. The summed E-state index contributed by atoms with van der Waals surface area (Å²) in [7, 11) is 0. The van der Waals surface area contributed by atoms with Gasteiger partial charge in [0.15, 0.2) is 5.78 Å². The van der Waals surface area contributed by atoms with Gasteiger partial charge in [0, 0.05) is 37.6 Å². The molecule has 0 atom stereocenters. The second-order valence-electron chi connectivity index (χ2n) is 3.80. The molecule has 1 aliphatic heterocycles. The molecule has 1 heterocycles. The van der Waals surface area contributed by atoms with Crippen LogP contribution >= 0.6 is 0 Å². The highest BCUT2D eigenvalue weighted by atomic mass is 16.6. The van der Waals surface area contributed by atoms with Gasteiger partial charge < -0.3 is 4.90 Å². The summed E-state index contributed by atoms with van der Waals surface area (Å²) >= 11 is 0. The summed E-state index contributed by atoms with van der Waals surface area (Å²) in [6.07, 6.45) is 0.254. The van der Waals surface area contributed by atoms with E-state index in [0.717, 1.165) is 0 Å². The Kier molecular flexibility index (Phi) is 2.63. The van der Waals surface area contributed by atoms with E-state index in [0.29, 0.717) is 11.3 Å². The molecule has 0 aliphatic carbocycles. The third-order valence-corrected chi connectivity index (χ3v) is 2.73. The van der Waals surface area contributed by atoms with Crippen LogP contribution in [0.4, 0.5) is 11.4 Å². The maximum Gasteiger partial charge on any atom is 0.271 e. The number of nitro benzene ring substituents is 1. The van der Waals surface area contributed by atoms with Crippen LogP contribution < -0.4 is 4.90 Å². The normalized spacial score (nSPS) is 14.4. The first-order valence-corrected chi connectivity index (χ1v) is 5.10. The minimum atomic E-state index is -0.544. The van der Waals surface area contributed by atoms with Crippen LogP contribution in [0.15, 0.2) is 18.2 Å². The standard InChI is InChI=1S/C11H10N2O4/c1-7(14)12-5-4-11(15)9-3-2-8(13(16)17)6-10(9)12/h2-3,6H,4-5H2,1H3. The molecule has 88 valence electrons. The molecule has 1 aromatic carbocycles. The molecular formula is C11H10N2O4. The number of nitro groups is 1. The Morgan fingerprint density at radius 2 is 2.18 bits per heavy atom. The van der Waals surface area contributed by atoms with Gasteiger partial charge in [-0.25, -0.2) is 0 Å². The molecule has 2 rings (SSSR count). The van der Waals surface area contributed by atoms with Gasteiger partial charge in [-0.1, -0.05) is 0 Å². The Balaban J connectivity index is 2.57. The largest absolute Gasteiger partial charge is 0.311 e. The summed E-state index contributed by atoms with van der Waals surface area (Å²) in [4.78, 5) is 34.5. The van der Waals surface area contributed by atoms with Crippen molar-refractivity contribution >= 4 is 23.1 Å². The van der Waals surface area contributed by atoms with Crippen LogP contribution in [-0.4, -0.2) is 23.2 Å². The van der Waals surface area contributed by atoms with Crippen LogP contribution in [0.1, 0.15) is 23.7 Å². The van der Waals surface area contributed by atoms with Crippen LogP contribution in [0.3, 0.4) is 0 Å². The van der Waals surface area contributed by atoms with Crippen molar-refractivity contribution in [1.29, 1.82) is 0 Å². The highest BCUT2D eigenvalue weighted by Crippen LogP contribution is 2.30. The third kappa shape index (κ3) is 1.89. The molecule has 17 heavy (non-hydrogen) atoms. The molecule has 1 aromatic rings. The maximum atomic E-state index is 11.6. The minimum absolute atomic E-state index is 0.0904. The van der Waals surface area contributed by atoms with Gasteiger partial charge in [-0.2, -0.15) is 0 Å². The SMILES string of the molecule is CC(=O)N1CCC(=O)c2ccc([N+](=O)[O-])cc21. The highest BCUT2D eigenvalue weighted by molar-refractivity contribution is 6.08. The lowest BCUT2D eigenvalue weighted by atomic mass is 10.00. The fraction of sp³-hybridized carbons (Fsp3) is 0.273. The van der Waals surface area contributed by atoms with E-state index in [2.05, 4.69) is 0 Å². The molecule has 0 fully saturated rings. The molecule has 0 saturated carbocycles. The van der Waals surface area contributed by atoms with E-state index in [1.807, 2.05) is 0 Å². The van der Waals surface area contributed by atoms with Gasteiger partial charge in [0.25, 0.3) is 5.69 Å². The van der Waals surface area contributed by atoms with E-state index >= 15 is 0 Å². The molecule has 0 spiro atoms. The quantitative estimate of drug-likeness (QED) is 0.545. The van der Waals surface area contributed by atoms with Gasteiger partial charge in [0.05, 0.1) is 10.6 Å². The van der Waals surface area contributed by atoms with Gasteiger partial charge in [-0.3, -0.25) is 19.7 Å². The smallest absolute Gasteiger partial charge is 0.271 e. The van der Waals surface area contributed by atoms with Crippen LogP contribution in [-0.2, 0) is 4.79 Å². The number of rotatable bonds is 1. The second-order valence-corrected chi connectivity index (χ2v) is 3.80. The Hall–Kier alpha value is -2.24. The molecule has 0 N–H and O–H groups in total. The zero-order valence-corrected chi connectivity index (χ0v) is 9.17. The molecule has 0 bridgehead atoms. The van der Waals surface area contributed by atoms with E-state index in [-0.39, 0.29) is 30.3 Å². The summed E-state index contributed by atoms with van der Waals surface area (Å²) in [6.45, 7) is 1.65. The fourth-order valence-electron chi connectivity index (χ4n) is 1.89. The zero-order chi connectivity index (χ0) is 12.6. The minimum Gasteiger partial charge on any atom is -0.311 e. The van der Waals surface area contributed by atoms with Crippen LogP contribution in [0.5, 0.6) is 0 Å². The molecule has 0 saturated heterocycles. The Labute approximate surface area is 97.0 Å². The number of Topliss-reactive ketones (excluding diaryl/α,β-unsaturated/α-hetero) is 1. The van der Waals surface area contributed by atoms with Crippen molar-refractivity contribution in [2.24, 2.45) is 0 Å². The van der Waals surface area contributed by atoms with E-state index < -0.39 is 4.92 Å². The van der Waals surface area contributed by atoms with Crippen molar-refractivity contribution in [3.05, 3.63) is 33.9 Å². The molecule has 1 amide bonds. The predicted octanol–water partition coefficient (Wildman–Crippen LogP) is 1.53. The fourth-order valence-corrected chi connectivity index (χ4v) is 1.89. The number of anilines is 1. The highest BCUT2D eigenvalue weighted by Gasteiger charge is 2.27. The maximum absolute atomic E-state index is 11.6. The molecular weight excluding hydrogens is 224 g/mol. The number of nitrogens with zero attached hydrogens (tertiary/aromatic N) is 2. The van der Waals surface area contributed by atoms with Crippen molar-refractivity contribution in [1.82, 2.24) is 0 Å². The predicted molar refractivity (Wildman–Crippen MR) is 60.1 cm³/mol. The van der Waals surface area contributed by atoms with Crippen molar-refractivity contribution in [3.63, 3.8) is 0 Å². The number of benzene rings is 1. The second kappa shape index (κ2) is 3.97. The average Bonchev–Trinajstić information content (AvgIpc) is 2.28. The summed E-state index contributed by atoms with van der Waals surface area (Å²) < 4.78 is 0. The monoisotopic (exact) mass is 234 g/mol. The van der Waals surface area contributed by atoms with Gasteiger partial charge >= 0.3 is 0 Å². The summed E-state index contributed by atoms with van der Waals surface area (Å²) in [5, 5.41) is 10.7. The van der Waals surface area contributed by atoms with E-state index in [9.17, 15) is 19.7 Å². The molecule has 6 nitrogen and oxygen atoms in total. The third-order valence-electron chi connectivity index (χ3n) is 2.73. The first-order chi connectivity index (χ1) is 8.00. The molecule has 1 aliphatic rings. The summed E-state index contributed by atoms with van der Waals surface area (Å²) in [6, 6.07) is 3.96. The molecule has 0 unspecified atom stereocenters. The van der Waals surface area contributed by atoms with E-state index in [1.54, 1.807) is 0 Å². The Bertz CT molecular complexity index is 524. The zero-order valence-electron chi connectivity index (χ0n) is 9.17. The Morgan fingerprint density at radius 1 is 1.47 bits per heavy atom. The summed E-state index contributed by atoms with van der Waals surface area (Å²) in [5.41, 5.74) is 0.588. The van der Waals surface area contributed by atoms with Crippen LogP contribution in [0.2, 0.25) is 0 Å². The van der Waals surface area contributed by atoms with E-state index in [4.69, 9.17) is 0 Å². The van der Waals surface area contributed by atoms with Gasteiger partial charge in [-0.15, -0.1) is 0 Å². The number of carbonyl (C=O) groups excluding carboxylic acids is 2. The van der Waals surface area contributed by atoms with Gasteiger partial charge in [0.2, 0.25) is 5.91 Å². The van der Waals surface area contributed by atoms with Gasteiger partial charge in [-0.05, 0) is 6.07 Å². The number of hydrogen-bond donors (Lipinski definition) is 0. The summed E-state index contributed by atoms with van der Waals surface area (Å²) in [5.74, 6) is -0.313. The van der Waals surface area contributed by atoms with Gasteiger partial charge in [0.1, 0.15) is 0 Å². The van der Waals surface area contributed by atoms with Crippen LogP contribution in [0.25, 0.3) is 0 Å². The first-order valence-electron chi connectivity index (χ1n) is 5.10. The molecule has 6 heteroatoms. The van der Waals surface area contributed by atoms with Crippen molar-refractivity contribution in [3.8, 4) is 0 Å². The van der Waals surface area contributed by atoms with E-state index in [1.165, 1.54) is 30.0 Å². The molecule has 0 radical (unpaired) electrons. The lowest BCUT2D eigenvalue weighted by molar-refractivity contribution is -0.384. The Morgan fingerprint density at radius 3 is 2.76 bits per heavy atom. The number of carbonyl (C=O) groups is 2. The van der Waals surface area contributed by atoms with Crippen LogP contribution in [0, 0.1) is 10.1 Å². The average molecular weight is 234 g/mol. The molecule has 0 aromatic heterocycles. The topological polar surface area (TPSA) is 80.5 Å². The van der Waals surface area contributed by atoms with Crippen molar-refractivity contribution in [2.45, 2.75) is 13.3 Å².